The quantitative estimate of drug-likeness (QED) is 0.570. The van der Waals surface area contributed by atoms with Crippen LogP contribution in [0, 0.1) is 0 Å². The molecule has 11 nitrogen and oxygen atoms in total. The Morgan fingerprint density at radius 2 is 1.83 bits per heavy atom. The number of benzene rings is 1. The van der Waals surface area contributed by atoms with Crippen molar-refractivity contribution >= 4 is 18.3 Å². The van der Waals surface area contributed by atoms with Gasteiger partial charge in [-0.3, -0.25) is 14.4 Å². The highest BCUT2D eigenvalue weighted by Gasteiger charge is 2.40. The number of aromatic nitrogens is 4. The molecule has 2 heterocycles. The van der Waals surface area contributed by atoms with E-state index in [0.29, 0.717) is 25.2 Å². The summed E-state index contributed by atoms with van der Waals surface area (Å²) >= 11 is 0. The van der Waals surface area contributed by atoms with Crippen LogP contribution in [-0.4, -0.2) is 78.3 Å². The summed E-state index contributed by atoms with van der Waals surface area (Å²) in [7, 11) is 0. The van der Waals surface area contributed by atoms with Crippen LogP contribution in [-0.2, 0) is 16.1 Å². The second-order valence-electron chi connectivity index (χ2n) is 7.26. The van der Waals surface area contributed by atoms with Crippen molar-refractivity contribution in [2.24, 2.45) is 0 Å². The maximum absolute atomic E-state index is 12.7. The molecule has 30 heavy (non-hydrogen) atoms. The predicted octanol–water partition coefficient (Wildman–Crippen LogP) is -0.0861. The smallest absolute Gasteiger partial charge is 0.290 e. The highest BCUT2D eigenvalue weighted by molar-refractivity contribution is 5.94. The van der Waals surface area contributed by atoms with Gasteiger partial charge < -0.3 is 20.4 Å². The zero-order valence-corrected chi connectivity index (χ0v) is 16.9. The molecule has 1 saturated heterocycles. The summed E-state index contributed by atoms with van der Waals surface area (Å²) < 4.78 is 1.60. The van der Waals surface area contributed by atoms with Gasteiger partial charge in [-0.1, -0.05) is 12.1 Å². The highest BCUT2D eigenvalue weighted by Crippen LogP contribution is 2.24. The van der Waals surface area contributed by atoms with Crippen molar-refractivity contribution in [1.29, 1.82) is 0 Å². The molecule has 1 aromatic carbocycles. The summed E-state index contributed by atoms with van der Waals surface area (Å²) in [6, 6.07) is 7.24. The minimum absolute atomic E-state index is 0.0343. The number of carbonyl (C=O) groups is 3. The molecule has 0 radical (unpaired) electrons. The van der Waals surface area contributed by atoms with Crippen molar-refractivity contribution in [1.82, 2.24) is 30.4 Å². The SMILES string of the molecule is CC(C)NC(=O)C1(O)CCN(C(=O)c2ccc(Cn3cnnn3)cc2)CC1.O=CO. The van der Waals surface area contributed by atoms with E-state index in [-0.39, 0.29) is 37.2 Å². The van der Waals surface area contributed by atoms with Crippen LogP contribution < -0.4 is 5.32 Å². The maximum Gasteiger partial charge on any atom is 0.290 e. The average Bonchev–Trinajstić information content (AvgIpc) is 3.22. The number of likely N-dealkylation sites (tertiary alicyclic amines) is 1. The number of rotatable bonds is 5. The van der Waals surface area contributed by atoms with Crippen LogP contribution in [0.5, 0.6) is 0 Å². The van der Waals surface area contributed by atoms with Crippen LogP contribution in [0.4, 0.5) is 0 Å². The van der Waals surface area contributed by atoms with Crippen molar-refractivity contribution < 1.29 is 24.6 Å². The predicted molar refractivity (Wildman–Crippen MR) is 105 cm³/mol. The Balaban J connectivity index is 0.00000101. The molecule has 0 unspecified atom stereocenters. The number of hydrogen-bond acceptors (Lipinski definition) is 7. The van der Waals surface area contributed by atoms with Crippen molar-refractivity contribution in [3.05, 3.63) is 41.7 Å². The van der Waals surface area contributed by atoms with E-state index in [2.05, 4.69) is 20.8 Å². The number of nitrogens with zero attached hydrogens (tertiary/aromatic N) is 5. The summed E-state index contributed by atoms with van der Waals surface area (Å²) in [5.41, 5.74) is 0.154. The largest absolute Gasteiger partial charge is 0.483 e. The lowest BCUT2D eigenvalue weighted by molar-refractivity contribution is -0.144. The van der Waals surface area contributed by atoms with Crippen LogP contribution >= 0.6 is 0 Å². The minimum Gasteiger partial charge on any atom is -0.483 e. The van der Waals surface area contributed by atoms with Gasteiger partial charge in [0.05, 0.1) is 6.54 Å². The van der Waals surface area contributed by atoms with Crippen molar-refractivity contribution in [3.8, 4) is 0 Å². The van der Waals surface area contributed by atoms with Crippen LogP contribution in [0.1, 0.15) is 42.6 Å². The third kappa shape index (κ3) is 6.08. The first kappa shape index (κ1) is 22.9. The first-order chi connectivity index (χ1) is 14.3. The Bertz CT molecular complexity index is 830. The molecule has 2 amide bonds. The lowest BCUT2D eigenvalue weighted by atomic mass is 9.90. The molecular weight excluding hydrogens is 392 g/mol. The number of piperidine rings is 1. The van der Waals surface area contributed by atoms with Gasteiger partial charge in [-0.15, -0.1) is 5.10 Å². The first-order valence-corrected chi connectivity index (χ1v) is 9.49. The fourth-order valence-electron chi connectivity index (χ4n) is 3.08. The number of nitrogens with one attached hydrogen (secondary N) is 1. The second kappa shape index (κ2) is 10.4. The van der Waals surface area contributed by atoms with Crippen molar-refractivity contribution in [2.45, 2.75) is 44.9 Å². The Hall–Kier alpha value is -3.34. The maximum atomic E-state index is 12.7. The first-order valence-electron chi connectivity index (χ1n) is 9.49. The summed E-state index contributed by atoms with van der Waals surface area (Å²) in [4.78, 5) is 34.9. The molecule has 1 aromatic heterocycles. The van der Waals surface area contributed by atoms with Crippen molar-refractivity contribution in [2.75, 3.05) is 13.1 Å². The van der Waals surface area contributed by atoms with Gasteiger partial charge >= 0.3 is 0 Å². The monoisotopic (exact) mass is 418 g/mol. The molecule has 1 fully saturated rings. The molecule has 1 aliphatic heterocycles. The molecule has 2 aromatic rings. The third-order valence-corrected chi connectivity index (χ3v) is 4.66. The number of carboxylic acid groups (broad SMARTS) is 1. The van der Waals surface area contributed by atoms with Crippen LogP contribution in [0.3, 0.4) is 0 Å². The molecule has 1 aliphatic rings. The van der Waals surface area contributed by atoms with E-state index in [9.17, 15) is 14.7 Å². The summed E-state index contributed by atoms with van der Waals surface area (Å²) in [5.74, 6) is -0.466. The molecule has 0 atom stereocenters. The van der Waals surface area contributed by atoms with E-state index in [1.54, 1.807) is 21.7 Å². The Morgan fingerprint density at radius 3 is 2.33 bits per heavy atom. The zero-order valence-electron chi connectivity index (χ0n) is 16.9. The number of tetrazole rings is 1. The van der Waals surface area contributed by atoms with Gasteiger partial charge in [0.1, 0.15) is 11.9 Å². The van der Waals surface area contributed by atoms with Gasteiger partial charge in [0, 0.05) is 37.5 Å². The zero-order chi connectivity index (χ0) is 22.1. The molecule has 3 rings (SSSR count). The van der Waals surface area contributed by atoms with Gasteiger partial charge in [0.2, 0.25) is 0 Å². The molecule has 3 N–H and O–H groups in total. The van der Waals surface area contributed by atoms with Crippen molar-refractivity contribution in [3.63, 3.8) is 0 Å². The van der Waals surface area contributed by atoms with Crippen LogP contribution in [0.15, 0.2) is 30.6 Å². The fraction of sp³-hybridized carbons (Fsp3) is 0.474. The molecule has 162 valence electrons. The molecule has 11 heteroatoms. The molecule has 0 saturated carbocycles. The molecule has 0 spiro atoms. The van der Waals surface area contributed by atoms with Gasteiger partial charge in [-0.05, 0) is 42.0 Å². The van der Waals surface area contributed by atoms with E-state index >= 15 is 0 Å². The van der Waals surface area contributed by atoms with Gasteiger partial charge in [-0.25, -0.2) is 4.68 Å². The average molecular weight is 418 g/mol. The number of carbonyl (C=O) groups excluding carboxylic acids is 2. The van der Waals surface area contributed by atoms with Gasteiger partial charge in [0.15, 0.2) is 0 Å². The van der Waals surface area contributed by atoms with Crippen LogP contribution in [0.2, 0.25) is 0 Å². The summed E-state index contributed by atoms with van der Waals surface area (Å²) in [5, 5.41) is 31.2. The van der Waals surface area contributed by atoms with Gasteiger partial charge in [-0.2, -0.15) is 0 Å². The van der Waals surface area contributed by atoms with E-state index in [1.165, 1.54) is 6.33 Å². The third-order valence-electron chi connectivity index (χ3n) is 4.66. The molecule has 0 bridgehead atoms. The molecule has 0 aliphatic carbocycles. The fourth-order valence-corrected chi connectivity index (χ4v) is 3.08. The highest BCUT2D eigenvalue weighted by atomic mass is 16.3. The summed E-state index contributed by atoms with van der Waals surface area (Å²) in [6.45, 7) is 4.66. The Kier molecular flexibility index (Phi) is 7.98. The topological polar surface area (TPSA) is 151 Å². The Labute approximate surface area is 173 Å². The number of amides is 2. The summed E-state index contributed by atoms with van der Waals surface area (Å²) in [6.07, 6.45) is 1.99. The van der Waals surface area contributed by atoms with Crippen LogP contribution in [0.25, 0.3) is 0 Å². The molecular formula is C19H26N6O5. The van der Waals surface area contributed by atoms with E-state index in [1.807, 2.05) is 26.0 Å². The standard InChI is InChI=1S/C18H24N6O3.CH2O2/c1-13(2)20-17(26)18(27)7-9-23(10-8-18)16(25)15-5-3-14(4-6-15)11-24-12-19-21-22-24;2-1-3/h3-6,12-13,27H,7-11H2,1-2H3,(H,20,26);1H,(H,2,3). The number of aliphatic hydroxyl groups is 1. The van der Waals surface area contributed by atoms with E-state index < -0.39 is 5.60 Å². The lowest BCUT2D eigenvalue weighted by Gasteiger charge is -2.37. The van der Waals surface area contributed by atoms with Gasteiger partial charge in [0.25, 0.3) is 18.3 Å². The van der Waals surface area contributed by atoms with E-state index in [0.717, 1.165) is 5.56 Å². The Morgan fingerprint density at radius 1 is 1.23 bits per heavy atom. The minimum atomic E-state index is -1.41. The second-order valence-corrected chi connectivity index (χ2v) is 7.26. The lowest BCUT2D eigenvalue weighted by Crippen LogP contribution is -2.55. The number of hydrogen-bond donors (Lipinski definition) is 3. The normalized spacial score (nSPS) is 15.1. The van der Waals surface area contributed by atoms with E-state index in [4.69, 9.17) is 9.90 Å².